The number of piperazine rings is 1. The van der Waals surface area contributed by atoms with Gasteiger partial charge in [0.25, 0.3) is 0 Å². The van der Waals surface area contributed by atoms with E-state index < -0.39 is 0 Å². The molecule has 7 nitrogen and oxygen atoms in total. The van der Waals surface area contributed by atoms with E-state index >= 15 is 0 Å². The molecule has 21 heavy (non-hydrogen) atoms. The van der Waals surface area contributed by atoms with Crippen LogP contribution in [0.1, 0.15) is 20.3 Å². The highest BCUT2D eigenvalue weighted by atomic mass is 16.2. The number of nitrogens with zero attached hydrogens (tertiary/aromatic N) is 3. The lowest BCUT2D eigenvalue weighted by Gasteiger charge is -2.37. The van der Waals surface area contributed by atoms with Gasteiger partial charge in [0.1, 0.15) is 0 Å². The van der Waals surface area contributed by atoms with Crippen molar-refractivity contribution in [2.24, 2.45) is 5.92 Å². The molecule has 0 bridgehead atoms. The molecule has 2 aliphatic heterocycles. The topological polar surface area (TPSA) is 73.0 Å². The smallest absolute Gasteiger partial charge is 0.320 e. The van der Waals surface area contributed by atoms with Crippen LogP contribution < -0.4 is 5.32 Å². The number of rotatable bonds is 3. The van der Waals surface area contributed by atoms with Crippen LogP contribution in [0, 0.1) is 5.92 Å². The third-order valence-electron chi connectivity index (χ3n) is 4.22. The minimum atomic E-state index is -0.234. The van der Waals surface area contributed by atoms with Gasteiger partial charge in [-0.3, -0.25) is 9.59 Å². The summed E-state index contributed by atoms with van der Waals surface area (Å²) >= 11 is 0. The Balaban J connectivity index is 1.84. The summed E-state index contributed by atoms with van der Waals surface area (Å²) in [6, 6.07) is 0.0461. The van der Waals surface area contributed by atoms with Gasteiger partial charge in [0.2, 0.25) is 11.8 Å². The fraction of sp³-hybridized carbons (Fsp3) is 0.786. The number of hydrogen-bond acceptors (Lipinski definition) is 3. The van der Waals surface area contributed by atoms with Crippen molar-refractivity contribution in [2.75, 3.05) is 45.8 Å². The lowest BCUT2D eigenvalue weighted by molar-refractivity contribution is -0.137. The first-order chi connectivity index (χ1) is 10.1. The molecule has 0 aliphatic carbocycles. The Bertz CT molecular complexity index is 414. The zero-order valence-corrected chi connectivity index (χ0v) is 12.8. The molecule has 0 saturated carbocycles. The molecular formula is C14H24N4O3. The number of amides is 4. The first-order valence-electron chi connectivity index (χ1n) is 7.66. The average molecular weight is 296 g/mol. The third-order valence-corrected chi connectivity index (χ3v) is 4.22. The van der Waals surface area contributed by atoms with Gasteiger partial charge in [-0.2, -0.15) is 0 Å². The van der Waals surface area contributed by atoms with Gasteiger partial charge >= 0.3 is 6.03 Å². The highest BCUT2D eigenvalue weighted by Crippen LogP contribution is 2.15. The molecule has 2 fully saturated rings. The predicted molar refractivity (Wildman–Crippen MR) is 77.6 cm³/mol. The Morgan fingerprint density at radius 1 is 1.14 bits per heavy atom. The van der Waals surface area contributed by atoms with Crippen LogP contribution in [0.4, 0.5) is 4.79 Å². The molecule has 0 aromatic heterocycles. The molecule has 0 radical (unpaired) electrons. The Hall–Kier alpha value is -1.79. The summed E-state index contributed by atoms with van der Waals surface area (Å²) in [5.41, 5.74) is 0. The van der Waals surface area contributed by atoms with Crippen molar-refractivity contribution < 1.29 is 14.4 Å². The van der Waals surface area contributed by atoms with E-state index in [0.717, 1.165) is 0 Å². The number of urea groups is 1. The second-order valence-electron chi connectivity index (χ2n) is 5.47. The summed E-state index contributed by atoms with van der Waals surface area (Å²) in [4.78, 5) is 41.1. The van der Waals surface area contributed by atoms with Crippen molar-refractivity contribution >= 4 is 17.8 Å². The lowest BCUT2D eigenvalue weighted by Crippen LogP contribution is -2.55. The molecule has 0 aromatic carbocycles. The maximum absolute atomic E-state index is 12.3. The van der Waals surface area contributed by atoms with Crippen LogP contribution in [0.2, 0.25) is 0 Å². The molecule has 0 spiro atoms. The number of carbonyl (C=O) groups is 3. The first kappa shape index (κ1) is 15.6. The van der Waals surface area contributed by atoms with Crippen LogP contribution in [0.15, 0.2) is 0 Å². The SMILES string of the molecule is CCN(CC)C(=O)N1CCN(C(=O)C2CNC(=O)C2)CC1. The quantitative estimate of drug-likeness (QED) is 0.779. The van der Waals surface area contributed by atoms with Crippen molar-refractivity contribution in [1.29, 1.82) is 0 Å². The molecular weight excluding hydrogens is 272 g/mol. The summed E-state index contributed by atoms with van der Waals surface area (Å²) in [6.07, 6.45) is 0.289. The molecule has 7 heteroatoms. The molecule has 2 heterocycles. The third kappa shape index (κ3) is 3.46. The Morgan fingerprint density at radius 3 is 2.19 bits per heavy atom. The van der Waals surface area contributed by atoms with E-state index in [1.54, 1.807) is 14.7 Å². The van der Waals surface area contributed by atoms with Gasteiger partial charge < -0.3 is 20.0 Å². The van der Waals surface area contributed by atoms with E-state index in [9.17, 15) is 14.4 Å². The summed E-state index contributed by atoms with van der Waals surface area (Å²) in [5.74, 6) is -0.255. The monoisotopic (exact) mass is 296 g/mol. The second kappa shape index (κ2) is 6.78. The molecule has 2 aliphatic rings. The maximum atomic E-state index is 12.3. The van der Waals surface area contributed by atoms with E-state index in [4.69, 9.17) is 0 Å². The van der Waals surface area contributed by atoms with Gasteiger partial charge in [-0.25, -0.2) is 4.79 Å². The van der Waals surface area contributed by atoms with E-state index in [-0.39, 0.29) is 30.2 Å². The first-order valence-corrected chi connectivity index (χ1v) is 7.66. The van der Waals surface area contributed by atoms with Gasteiger partial charge in [-0.05, 0) is 13.8 Å². The van der Waals surface area contributed by atoms with Crippen LogP contribution >= 0.6 is 0 Å². The van der Waals surface area contributed by atoms with Gasteiger partial charge in [-0.15, -0.1) is 0 Å². The van der Waals surface area contributed by atoms with Crippen LogP contribution in [-0.2, 0) is 9.59 Å². The molecule has 2 rings (SSSR count). The average Bonchev–Trinajstić information content (AvgIpc) is 2.94. The molecule has 0 aromatic rings. The van der Waals surface area contributed by atoms with Gasteiger partial charge in [-0.1, -0.05) is 0 Å². The van der Waals surface area contributed by atoms with Crippen LogP contribution in [-0.4, -0.2) is 78.4 Å². The van der Waals surface area contributed by atoms with Gasteiger partial charge in [0.05, 0.1) is 5.92 Å². The Morgan fingerprint density at radius 2 is 1.71 bits per heavy atom. The Kier molecular flexibility index (Phi) is 5.03. The van der Waals surface area contributed by atoms with Crippen molar-refractivity contribution in [3.8, 4) is 0 Å². The van der Waals surface area contributed by atoms with E-state index in [1.807, 2.05) is 13.8 Å². The minimum Gasteiger partial charge on any atom is -0.355 e. The van der Waals surface area contributed by atoms with E-state index in [2.05, 4.69) is 5.32 Å². The summed E-state index contributed by atoms with van der Waals surface area (Å²) in [5, 5.41) is 2.69. The normalized spacial score (nSPS) is 22.2. The summed E-state index contributed by atoms with van der Waals surface area (Å²) in [6.45, 7) is 8.00. The lowest BCUT2D eigenvalue weighted by atomic mass is 10.1. The molecule has 4 amide bonds. The highest BCUT2D eigenvalue weighted by Gasteiger charge is 2.33. The number of hydrogen-bond donors (Lipinski definition) is 1. The second-order valence-corrected chi connectivity index (χ2v) is 5.47. The maximum Gasteiger partial charge on any atom is 0.320 e. The highest BCUT2D eigenvalue weighted by molar-refractivity contribution is 5.89. The van der Waals surface area contributed by atoms with Crippen LogP contribution in [0.25, 0.3) is 0 Å². The molecule has 2 saturated heterocycles. The van der Waals surface area contributed by atoms with E-state index in [0.29, 0.717) is 45.8 Å². The predicted octanol–water partition coefficient (Wildman–Crippen LogP) is -0.271. The fourth-order valence-corrected chi connectivity index (χ4v) is 2.85. The molecule has 118 valence electrons. The summed E-state index contributed by atoms with van der Waals surface area (Å²) < 4.78 is 0. The van der Waals surface area contributed by atoms with Gasteiger partial charge in [0, 0.05) is 52.2 Å². The standard InChI is InChI=1S/C14H24N4O3/c1-3-16(4-2)14(21)18-7-5-17(6-8-18)13(20)11-9-12(19)15-10-11/h11H,3-10H2,1-2H3,(H,15,19). The molecule has 1 unspecified atom stereocenters. The zero-order chi connectivity index (χ0) is 15.4. The largest absolute Gasteiger partial charge is 0.355 e. The number of carbonyl (C=O) groups excluding carboxylic acids is 3. The van der Waals surface area contributed by atoms with Crippen LogP contribution in [0.5, 0.6) is 0 Å². The number of nitrogens with one attached hydrogen (secondary N) is 1. The van der Waals surface area contributed by atoms with Crippen LogP contribution in [0.3, 0.4) is 0 Å². The summed E-state index contributed by atoms with van der Waals surface area (Å²) in [7, 11) is 0. The minimum absolute atomic E-state index is 0.0308. The fourth-order valence-electron chi connectivity index (χ4n) is 2.85. The molecule has 1 N–H and O–H groups in total. The zero-order valence-electron chi connectivity index (χ0n) is 12.8. The van der Waals surface area contributed by atoms with Crippen molar-refractivity contribution in [2.45, 2.75) is 20.3 Å². The van der Waals surface area contributed by atoms with Gasteiger partial charge in [0.15, 0.2) is 0 Å². The molecule has 1 atom stereocenters. The Labute approximate surface area is 125 Å². The van der Waals surface area contributed by atoms with Crippen molar-refractivity contribution in [3.05, 3.63) is 0 Å². The van der Waals surface area contributed by atoms with Crippen molar-refractivity contribution in [1.82, 2.24) is 20.0 Å². The van der Waals surface area contributed by atoms with E-state index in [1.165, 1.54) is 0 Å². The van der Waals surface area contributed by atoms with Crippen molar-refractivity contribution in [3.63, 3.8) is 0 Å².